The SMILES string of the molecule is CCCCCCCCCCCCCCCCCC(=O)[O-].[Ca+2].[Na+].[O-]B1OB2OB([O-])OB(O1)O2. The number of hydrogen-bond acceptors (Lipinski definition) is 9. The topological polar surface area (TPSA) is 132 Å². The van der Waals surface area contributed by atoms with Gasteiger partial charge in [0.15, 0.2) is 0 Å². The number of carbonyl (C=O) groups is 1. The van der Waals surface area contributed by atoms with Gasteiger partial charge in [0.1, 0.15) is 0 Å². The summed E-state index contributed by atoms with van der Waals surface area (Å²) in [6.07, 6.45) is 19.9. The van der Waals surface area contributed by atoms with Crippen molar-refractivity contribution in [2.75, 3.05) is 0 Å². The molecule has 2 saturated heterocycles. The second kappa shape index (κ2) is 25.4. The van der Waals surface area contributed by atoms with Crippen molar-refractivity contribution in [2.45, 2.75) is 110 Å². The molecule has 0 aromatic rings. The van der Waals surface area contributed by atoms with Gasteiger partial charge in [-0.2, -0.15) is 0 Å². The van der Waals surface area contributed by atoms with E-state index in [1.54, 1.807) is 0 Å². The maximum Gasteiger partial charge on any atom is 2.00 e. The maximum absolute atomic E-state index is 10.5. The Morgan fingerprint density at radius 2 is 0.909 bits per heavy atom. The predicted molar refractivity (Wildman–Crippen MR) is 119 cm³/mol. The Labute approximate surface area is 252 Å². The first kappa shape index (κ1) is 36.9. The summed E-state index contributed by atoms with van der Waals surface area (Å²) in [4.78, 5) is 10.2. The number of carbonyl (C=O) groups excluding carboxylic acids is 1. The van der Waals surface area contributed by atoms with E-state index in [2.05, 4.69) is 29.8 Å². The Bertz CT molecular complexity index is 430. The van der Waals surface area contributed by atoms with E-state index in [1.807, 2.05) is 0 Å². The van der Waals surface area contributed by atoms with Crippen molar-refractivity contribution in [3.05, 3.63) is 0 Å². The quantitative estimate of drug-likeness (QED) is 0.165. The summed E-state index contributed by atoms with van der Waals surface area (Å²) < 4.78 is 21.9. The molecule has 33 heavy (non-hydrogen) atoms. The molecule has 0 aliphatic carbocycles. The minimum Gasteiger partial charge on any atom is -0.833 e. The van der Waals surface area contributed by atoms with Crippen LogP contribution < -0.4 is 44.7 Å². The first-order valence-corrected chi connectivity index (χ1v) is 11.8. The number of rotatable bonds is 16. The van der Waals surface area contributed by atoms with E-state index in [0.29, 0.717) is 0 Å². The molecule has 0 aromatic carbocycles. The fraction of sp³-hybridized carbons (Fsp3) is 0.944. The second-order valence-electron chi connectivity index (χ2n) is 7.91. The molecule has 0 atom stereocenters. The molecule has 0 spiro atoms. The molecule has 0 aromatic heterocycles. The molecule has 2 rings (SSSR count). The molecular weight excluding hydrogens is 467 g/mol. The normalized spacial score (nSPS) is 14.8. The first-order valence-electron chi connectivity index (χ1n) is 11.8. The fourth-order valence-corrected chi connectivity index (χ4v) is 3.35. The minimum absolute atomic E-state index is 0. The molecule has 2 heterocycles. The van der Waals surface area contributed by atoms with E-state index in [1.165, 1.54) is 83.5 Å². The summed E-state index contributed by atoms with van der Waals surface area (Å²) >= 11 is 0. The van der Waals surface area contributed by atoms with Crippen molar-refractivity contribution >= 4 is 73.0 Å². The molecule has 0 unspecified atom stereocenters. The molecule has 0 radical (unpaired) electrons. The number of carboxylic acid groups (broad SMARTS) is 1. The summed E-state index contributed by atoms with van der Waals surface area (Å²) in [5.41, 5.74) is 0. The largest absolute Gasteiger partial charge is 2.00 e. The molecule has 2 bridgehead atoms. The summed E-state index contributed by atoms with van der Waals surface area (Å²) in [6, 6.07) is 0. The van der Waals surface area contributed by atoms with Gasteiger partial charge >= 0.3 is 96.6 Å². The fourth-order valence-electron chi connectivity index (χ4n) is 3.35. The van der Waals surface area contributed by atoms with Crippen molar-refractivity contribution in [3.63, 3.8) is 0 Å². The van der Waals surface area contributed by atoms with Crippen molar-refractivity contribution in [1.29, 1.82) is 0 Å². The molecule has 15 heteroatoms. The number of carboxylic acids is 1. The van der Waals surface area contributed by atoms with Crippen LogP contribution in [0.5, 0.6) is 0 Å². The van der Waals surface area contributed by atoms with E-state index in [9.17, 15) is 19.9 Å². The van der Waals surface area contributed by atoms with Gasteiger partial charge in [0, 0.05) is 5.97 Å². The molecule has 0 amide bonds. The van der Waals surface area contributed by atoms with Gasteiger partial charge in [-0.15, -0.1) is 0 Å². The van der Waals surface area contributed by atoms with Gasteiger partial charge in [-0.3, -0.25) is 0 Å². The van der Waals surface area contributed by atoms with Crippen molar-refractivity contribution in [3.8, 4) is 0 Å². The maximum atomic E-state index is 10.5. The number of unbranched alkanes of at least 4 members (excludes halogenated alkanes) is 14. The Hall–Kier alpha value is 1.71. The number of aliphatic carboxylic acids is 1. The number of fused-ring (bicyclic) bond motifs is 2. The van der Waals surface area contributed by atoms with E-state index >= 15 is 0 Å². The molecule has 0 saturated carbocycles. The molecule has 9 nitrogen and oxygen atoms in total. The molecule has 176 valence electrons. The summed E-state index contributed by atoms with van der Waals surface area (Å²) in [5.74, 6) is -0.903. The Balaban J connectivity index is 0. The first-order chi connectivity index (χ1) is 15.0. The van der Waals surface area contributed by atoms with Gasteiger partial charge in [-0.1, -0.05) is 96.8 Å². The summed E-state index contributed by atoms with van der Waals surface area (Å²) in [6.45, 7) is 2.27. The van der Waals surface area contributed by atoms with E-state index in [4.69, 9.17) is 0 Å². The molecular formula is C18H35B4CaNaO9. The average Bonchev–Trinajstić information content (AvgIpc) is 2.70. The number of hydrogen-bond donors (Lipinski definition) is 0. The van der Waals surface area contributed by atoms with Crippen LogP contribution in [-0.4, -0.2) is 73.0 Å². The Kier molecular flexibility index (Phi) is 28.3. The van der Waals surface area contributed by atoms with Gasteiger partial charge in [0.25, 0.3) is 0 Å². The van der Waals surface area contributed by atoms with E-state index < -0.39 is 35.3 Å². The predicted octanol–water partition coefficient (Wildman–Crippen LogP) is -2.62. The monoisotopic (exact) mass is 502 g/mol. The van der Waals surface area contributed by atoms with Gasteiger partial charge in [-0.25, -0.2) is 0 Å². The third kappa shape index (κ3) is 22.6. The Morgan fingerprint density at radius 1 is 0.606 bits per heavy atom. The summed E-state index contributed by atoms with van der Waals surface area (Å²) in [5, 5.41) is 31.2. The standard InChI is InChI=1S/C18H36O2.B4O7.Ca.Na/c1-2-3-4-5-6-7-8-9-10-11-12-13-14-15-16-17-18(19)20;5-1-7-3-9-2(6)10-4(8-1)11-3;;/h2-17H2,1H3,(H,19,20);;;/q;-2;+2;+1/p-1. The minimum atomic E-state index is -1.73. The third-order valence-corrected chi connectivity index (χ3v) is 5.10. The molecule has 2 aliphatic rings. The summed E-state index contributed by atoms with van der Waals surface area (Å²) in [7, 11) is -6.00. The zero-order chi connectivity index (χ0) is 22.7. The average molecular weight is 502 g/mol. The van der Waals surface area contributed by atoms with Crippen LogP contribution >= 0.6 is 0 Å². The molecule has 0 N–H and O–H groups in total. The van der Waals surface area contributed by atoms with Crippen LogP contribution in [0.4, 0.5) is 0 Å². The van der Waals surface area contributed by atoms with Crippen molar-refractivity contribution < 1.29 is 72.4 Å². The third-order valence-electron chi connectivity index (χ3n) is 5.10. The van der Waals surface area contributed by atoms with Crippen LogP contribution in [0, 0.1) is 0 Å². The van der Waals surface area contributed by atoms with Gasteiger partial charge in [-0.05, 0) is 12.8 Å². The van der Waals surface area contributed by atoms with Crippen LogP contribution in [0.15, 0.2) is 0 Å². The van der Waals surface area contributed by atoms with Crippen LogP contribution in [0.25, 0.3) is 0 Å². The van der Waals surface area contributed by atoms with Crippen molar-refractivity contribution in [2.24, 2.45) is 0 Å². The van der Waals surface area contributed by atoms with Gasteiger partial charge in [0.05, 0.1) is 0 Å². The van der Waals surface area contributed by atoms with Gasteiger partial charge in [0.2, 0.25) is 0 Å². The smallest absolute Gasteiger partial charge is 0.833 e. The molecule has 2 aliphatic heterocycles. The van der Waals surface area contributed by atoms with Gasteiger partial charge < -0.3 is 42.8 Å². The van der Waals surface area contributed by atoms with Crippen LogP contribution in [0.3, 0.4) is 0 Å². The van der Waals surface area contributed by atoms with Crippen LogP contribution in [-0.2, 0) is 27.7 Å². The van der Waals surface area contributed by atoms with E-state index in [0.717, 1.165) is 12.8 Å². The van der Waals surface area contributed by atoms with Crippen molar-refractivity contribution in [1.82, 2.24) is 0 Å². The van der Waals surface area contributed by atoms with Crippen LogP contribution in [0.2, 0.25) is 0 Å². The van der Waals surface area contributed by atoms with Crippen LogP contribution in [0.1, 0.15) is 110 Å². The zero-order valence-electron chi connectivity index (χ0n) is 20.5. The zero-order valence-corrected chi connectivity index (χ0v) is 24.7. The van der Waals surface area contributed by atoms with E-state index in [-0.39, 0.29) is 73.7 Å². The Morgan fingerprint density at radius 3 is 1.21 bits per heavy atom. The molecule has 2 fully saturated rings. The second-order valence-corrected chi connectivity index (χ2v) is 7.91.